The molecule has 2 heterocycles. The van der Waals surface area contributed by atoms with Crippen LogP contribution in [0, 0.1) is 17.5 Å². The molecular weight excluding hydrogens is 425 g/mol. The second-order valence-electron chi connectivity index (χ2n) is 7.64. The lowest BCUT2D eigenvalue weighted by atomic mass is 9.99. The quantitative estimate of drug-likeness (QED) is 0.770. The molecule has 31 heavy (non-hydrogen) atoms. The summed E-state index contributed by atoms with van der Waals surface area (Å²) >= 11 is 1.23. The molecule has 0 unspecified atom stereocenters. The van der Waals surface area contributed by atoms with Gasteiger partial charge in [-0.15, -0.1) is 0 Å². The highest BCUT2D eigenvalue weighted by Gasteiger charge is 2.39. The van der Waals surface area contributed by atoms with Crippen molar-refractivity contribution in [3.8, 4) is 0 Å². The van der Waals surface area contributed by atoms with E-state index in [0.29, 0.717) is 10.8 Å². The van der Waals surface area contributed by atoms with Gasteiger partial charge >= 0.3 is 0 Å². The van der Waals surface area contributed by atoms with Crippen molar-refractivity contribution in [1.82, 2.24) is 4.90 Å². The number of thioether (sulfide) groups is 1. The number of benzene rings is 2. The largest absolute Gasteiger partial charge is 0.325 e. The van der Waals surface area contributed by atoms with Crippen LogP contribution in [-0.2, 0) is 4.79 Å². The normalized spacial score (nSPS) is 18.1. The highest BCUT2D eigenvalue weighted by molar-refractivity contribution is 8.16. The maximum atomic E-state index is 13.4. The van der Waals surface area contributed by atoms with Gasteiger partial charge in [-0.1, -0.05) is 11.8 Å². The Labute approximate surface area is 182 Å². The van der Waals surface area contributed by atoms with Crippen molar-refractivity contribution in [2.24, 2.45) is 9.98 Å². The molecule has 2 aromatic carbocycles. The third-order valence-corrected chi connectivity index (χ3v) is 6.25. The summed E-state index contributed by atoms with van der Waals surface area (Å²) in [6.07, 6.45) is 1.53. The van der Waals surface area contributed by atoms with Gasteiger partial charge in [0.15, 0.2) is 17.3 Å². The van der Waals surface area contributed by atoms with Crippen molar-refractivity contribution >= 4 is 34.1 Å². The number of piperidine rings is 1. The van der Waals surface area contributed by atoms with Crippen LogP contribution in [0.4, 0.5) is 18.9 Å². The SMILES string of the molecule is CN1CCC2(CC1)N=C(SCC(=O)Nc1ccc(F)c(F)c1)C(c1ccc(F)cc1)=N2. The molecule has 4 rings (SSSR count). The molecule has 0 aromatic heterocycles. The Morgan fingerprint density at radius 3 is 2.45 bits per heavy atom. The number of halogens is 3. The summed E-state index contributed by atoms with van der Waals surface area (Å²) in [6.45, 7) is 1.72. The Hall–Kier alpha value is -2.65. The summed E-state index contributed by atoms with van der Waals surface area (Å²) in [7, 11) is 2.05. The van der Waals surface area contributed by atoms with Gasteiger partial charge in [-0.2, -0.15) is 0 Å². The third kappa shape index (κ3) is 4.99. The summed E-state index contributed by atoms with van der Waals surface area (Å²) in [5.74, 6) is -2.69. The Kier molecular flexibility index (Phi) is 6.15. The molecule has 0 saturated carbocycles. The van der Waals surface area contributed by atoms with E-state index in [1.807, 2.05) is 0 Å². The van der Waals surface area contributed by atoms with E-state index in [1.165, 1.54) is 30.0 Å². The van der Waals surface area contributed by atoms with E-state index in [-0.39, 0.29) is 23.2 Å². The minimum absolute atomic E-state index is 0.0219. The molecule has 0 aliphatic carbocycles. The molecule has 2 aliphatic heterocycles. The summed E-state index contributed by atoms with van der Waals surface area (Å²) in [5, 5.41) is 3.18. The van der Waals surface area contributed by atoms with Gasteiger partial charge in [0, 0.05) is 43.2 Å². The number of carbonyl (C=O) groups is 1. The van der Waals surface area contributed by atoms with Gasteiger partial charge in [0.25, 0.3) is 0 Å². The fourth-order valence-electron chi connectivity index (χ4n) is 3.52. The van der Waals surface area contributed by atoms with E-state index in [9.17, 15) is 18.0 Å². The zero-order chi connectivity index (χ0) is 22.0. The molecule has 0 atom stereocenters. The predicted molar refractivity (Wildman–Crippen MR) is 117 cm³/mol. The van der Waals surface area contributed by atoms with E-state index in [0.717, 1.165) is 43.6 Å². The van der Waals surface area contributed by atoms with Crippen LogP contribution in [0.2, 0.25) is 0 Å². The number of hydrogen-bond acceptors (Lipinski definition) is 5. The van der Waals surface area contributed by atoms with Gasteiger partial charge in [-0.05, 0) is 43.4 Å². The van der Waals surface area contributed by atoms with Gasteiger partial charge in [-0.25, -0.2) is 18.2 Å². The third-order valence-electron chi connectivity index (χ3n) is 5.28. The molecule has 2 aliphatic rings. The van der Waals surface area contributed by atoms with Crippen LogP contribution in [0.3, 0.4) is 0 Å². The Morgan fingerprint density at radius 1 is 1.06 bits per heavy atom. The van der Waals surface area contributed by atoms with Crippen LogP contribution < -0.4 is 5.32 Å². The minimum atomic E-state index is -1.03. The standard InChI is InChI=1S/C22H21F3N4OS/c1-29-10-8-22(9-11-29)27-20(14-2-4-15(23)5-3-14)21(28-22)31-13-19(30)26-16-6-7-17(24)18(25)12-16/h2-7,12H,8-11,13H2,1H3,(H,26,30). The lowest BCUT2D eigenvalue weighted by molar-refractivity contribution is -0.113. The van der Waals surface area contributed by atoms with Crippen LogP contribution in [0.1, 0.15) is 18.4 Å². The molecule has 2 aromatic rings. The smallest absolute Gasteiger partial charge is 0.234 e. The Morgan fingerprint density at radius 2 is 1.77 bits per heavy atom. The second kappa shape index (κ2) is 8.84. The fourth-order valence-corrected chi connectivity index (χ4v) is 4.40. The molecule has 1 amide bonds. The topological polar surface area (TPSA) is 57.1 Å². The van der Waals surface area contributed by atoms with E-state index in [2.05, 4.69) is 17.3 Å². The number of nitrogens with one attached hydrogen (secondary N) is 1. The molecule has 5 nitrogen and oxygen atoms in total. The first-order valence-corrected chi connectivity index (χ1v) is 10.8. The zero-order valence-corrected chi connectivity index (χ0v) is 17.7. The monoisotopic (exact) mass is 446 g/mol. The molecule has 1 fully saturated rings. The first-order valence-electron chi connectivity index (χ1n) is 9.86. The van der Waals surface area contributed by atoms with Crippen molar-refractivity contribution in [3.05, 3.63) is 65.5 Å². The van der Waals surface area contributed by atoms with Crippen LogP contribution >= 0.6 is 11.8 Å². The zero-order valence-electron chi connectivity index (χ0n) is 16.9. The summed E-state index contributed by atoms with van der Waals surface area (Å²) in [6, 6.07) is 9.24. The highest BCUT2D eigenvalue weighted by atomic mass is 32.2. The average molecular weight is 446 g/mol. The number of aliphatic imine (C=N–C) groups is 2. The summed E-state index contributed by atoms with van der Waals surface area (Å²) < 4.78 is 39.8. The van der Waals surface area contributed by atoms with Gasteiger partial charge < -0.3 is 10.2 Å². The van der Waals surface area contributed by atoms with Crippen molar-refractivity contribution in [2.75, 3.05) is 31.2 Å². The lowest BCUT2D eigenvalue weighted by Crippen LogP contribution is -2.39. The van der Waals surface area contributed by atoms with Crippen LogP contribution in [0.15, 0.2) is 52.4 Å². The molecule has 1 spiro atoms. The number of likely N-dealkylation sites (tertiary alicyclic amines) is 1. The van der Waals surface area contributed by atoms with Crippen molar-refractivity contribution in [2.45, 2.75) is 18.5 Å². The maximum absolute atomic E-state index is 13.4. The Balaban J connectivity index is 1.50. The number of amides is 1. The first kappa shape index (κ1) is 21.6. The number of carbonyl (C=O) groups excluding carboxylic acids is 1. The average Bonchev–Trinajstić information content (AvgIpc) is 3.10. The lowest BCUT2D eigenvalue weighted by Gasteiger charge is -2.33. The molecule has 1 N–H and O–H groups in total. The molecule has 162 valence electrons. The van der Waals surface area contributed by atoms with Gasteiger partial charge in [-0.3, -0.25) is 9.79 Å². The molecule has 0 radical (unpaired) electrons. The number of hydrogen-bond donors (Lipinski definition) is 1. The molecular formula is C22H21F3N4OS. The van der Waals surface area contributed by atoms with E-state index < -0.39 is 17.3 Å². The van der Waals surface area contributed by atoms with Crippen molar-refractivity contribution < 1.29 is 18.0 Å². The first-order chi connectivity index (χ1) is 14.8. The second-order valence-corrected chi connectivity index (χ2v) is 8.60. The fraction of sp³-hybridized carbons (Fsp3) is 0.318. The molecule has 9 heteroatoms. The highest BCUT2D eigenvalue weighted by Crippen LogP contribution is 2.35. The van der Waals surface area contributed by atoms with Crippen LogP contribution in [-0.4, -0.2) is 53.1 Å². The van der Waals surface area contributed by atoms with Crippen LogP contribution in [0.25, 0.3) is 0 Å². The minimum Gasteiger partial charge on any atom is -0.325 e. The molecule has 0 bridgehead atoms. The van der Waals surface area contributed by atoms with Gasteiger partial charge in [0.05, 0.1) is 11.5 Å². The number of anilines is 1. The van der Waals surface area contributed by atoms with E-state index >= 15 is 0 Å². The van der Waals surface area contributed by atoms with Crippen molar-refractivity contribution in [3.63, 3.8) is 0 Å². The van der Waals surface area contributed by atoms with Gasteiger partial charge in [0.2, 0.25) is 5.91 Å². The summed E-state index contributed by atoms with van der Waals surface area (Å²) in [5.41, 5.74) is 1.01. The molecule has 1 saturated heterocycles. The Bertz CT molecular complexity index is 1050. The van der Waals surface area contributed by atoms with E-state index in [4.69, 9.17) is 9.98 Å². The summed E-state index contributed by atoms with van der Waals surface area (Å²) in [4.78, 5) is 24.3. The van der Waals surface area contributed by atoms with Crippen LogP contribution in [0.5, 0.6) is 0 Å². The van der Waals surface area contributed by atoms with Gasteiger partial charge in [0.1, 0.15) is 10.9 Å². The predicted octanol–water partition coefficient (Wildman–Crippen LogP) is 4.10. The van der Waals surface area contributed by atoms with Crippen molar-refractivity contribution in [1.29, 1.82) is 0 Å². The van der Waals surface area contributed by atoms with E-state index in [1.54, 1.807) is 12.1 Å². The number of rotatable bonds is 4. The maximum Gasteiger partial charge on any atom is 0.234 e. The number of nitrogens with zero attached hydrogens (tertiary/aromatic N) is 3.